The van der Waals surface area contributed by atoms with Crippen LogP contribution in [-0.4, -0.2) is 29.9 Å². The van der Waals surface area contributed by atoms with Crippen LogP contribution in [0, 0.1) is 0 Å². The summed E-state index contributed by atoms with van der Waals surface area (Å²) in [5.74, 6) is -0.425. The molecule has 2 rings (SSSR count). The highest BCUT2D eigenvalue weighted by Gasteiger charge is 2.20. The predicted octanol–water partition coefficient (Wildman–Crippen LogP) is -0.0812. The van der Waals surface area contributed by atoms with E-state index in [9.17, 15) is 4.79 Å². The van der Waals surface area contributed by atoms with E-state index in [0.717, 1.165) is 19.5 Å². The largest absolute Gasteiger partial charge is 0.368 e. The van der Waals surface area contributed by atoms with Gasteiger partial charge in [0.15, 0.2) is 0 Å². The predicted molar refractivity (Wildman–Crippen MR) is 60.5 cm³/mol. The van der Waals surface area contributed by atoms with Gasteiger partial charge in [-0.15, -0.1) is 11.3 Å². The number of rotatable bonds is 3. The molecule has 5 heteroatoms. The molecule has 1 aliphatic rings. The Morgan fingerprint density at radius 2 is 2.47 bits per heavy atom. The second kappa shape index (κ2) is 4.30. The zero-order chi connectivity index (χ0) is 10.8. The van der Waals surface area contributed by atoms with Crippen LogP contribution in [0.3, 0.4) is 0 Å². The van der Waals surface area contributed by atoms with Crippen LogP contribution in [0.2, 0.25) is 0 Å². The zero-order valence-electron chi connectivity index (χ0n) is 8.48. The van der Waals surface area contributed by atoms with Crippen LogP contribution in [0.1, 0.15) is 10.4 Å². The van der Waals surface area contributed by atoms with E-state index in [4.69, 9.17) is 11.5 Å². The van der Waals surface area contributed by atoms with Gasteiger partial charge in [-0.1, -0.05) is 0 Å². The first-order valence-corrected chi connectivity index (χ1v) is 5.87. The second-order valence-electron chi connectivity index (χ2n) is 3.86. The highest BCUT2D eigenvalue weighted by Crippen LogP contribution is 2.23. The number of nitrogens with two attached hydrogens (primary N) is 2. The lowest BCUT2D eigenvalue weighted by Crippen LogP contribution is -2.47. The molecule has 2 heterocycles. The smallest absolute Gasteiger partial charge is 0.235 e. The summed E-state index contributed by atoms with van der Waals surface area (Å²) < 4.78 is 0. The van der Waals surface area contributed by atoms with Gasteiger partial charge in [-0.25, -0.2) is 0 Å². The summed E-state index contributed by atoms with van der Waals surface area (Å²) in [5.41, 5.74) is 12.1. The zero-order valence-corrected chi connectivity index (χ0v) is 9.30. The van der Waals surface area contributed by atoms with Gasteiger partial charge >= 0.3 is 0 Å². The third-order valence-corrected chi connectivity index (χ3v) is 3.73. The maximum absolute atomic E-state index is 10.8. The molecule has 0 spiro atoms. The van der Waals surface area contributed by atoms with Gasteiger partial charge < -0.3 is 11.5 Å². The van der Waals surface area contributed by atoms with Crippen LogP contribution >= 0.6 is 11.3 Å². The van der Waals surface area contributed by atoms with Crippen LogP contribution in [0.5, 0.6) is 0 Å². The molecule has 1 aromatic heterocycles. The molecule has 0 radical (unpaired) electrons. The molecule has 1 aromatic rings. The van der Waals surface area contributed by atoms with Gasteiger partial charge in [0.1, 0.15) is 0 Å². The van der Waals surface area contributed by atoms with Crippen LogP contribution in [-0.2, 0) is 17.8 Å². The summed E-state index contributed by atoms with van der Waals surface area (Å²) in [6.07, 6.45) is 1.05. The highest BCUT2D eigenvalue weighted by molar-refractivity contribution is 7.10. The topological polar surface area (TPSA) is 72.3 Å². The van der Waals surface area contributed by atoms with E-state index in [2.05, 4.69) is 16.3 Å². The first-order chi connectivity index (χ1) is 7.16. The van der Waals surface area contributed by atoms with Crippen molar-refractivity contribution in [2.45, 2.75) is 19.0 Å². The van der Waals surface area contributed by atoms with Crippen LogP contribution in [0.25, 0.3) is 0 Å². The quantitative estimate of drug-likeness (QED) is 0.755. The Morgan fingerprint density at radius 3 is 3.20 bits per heavy atom. The van der Waals surface area contributed by atoms with E-state index >= 15 is 0 Å². The number of fused-ring (bicyclic) bond motifs is 1. The molecule has 0 aromatic carbocycles. The first kappa shape index (κ1) is 10.6. The second-order valence-corrected chi connectivity index (χ2v) is 4.86. The summed E-state index contributed by atoms with van der Waals surface area (Å²) in [6.45, 7) is 2.42. The lowest BCUT2D eigenvalue weighted by Gasteiger charge is -2.28. The summed E-state index contributed by atoms with van der Waals surface area (Å²) >= 11 is 1.80. The molecular formula is C10H15N3OS. The maximum Gasteiger partial charge on any atom is 0.235 e. The molecule has 82 valence electrons. The molecule has 4 N–H and O–H groups in total. The van der Waals surface area contributed by atoms with Crippen molar-refractivity contribution < 1.29 is 4.79 Å². The summed E-state index contributed by atoms with van der Waals surface area (Å²) in [6, 6.07) is 1.59. The van der Waals surface area contributed by atoms with E-state index in [-0.39, 0.29) is 0 Å². The van der Waals surface area contributed by atoms with Gasteiger partial charge in [0, 0.05) is 24.5 Å². The van der Waals surface area contributed by atoms with Crippen molar-refractivity contribution in [2.24, 2.45) is 11.5 Å². The normalized spacial score (nSPS) is 18.5. The van der Waals surface area contributed by atoms with Crippen molar-refractivity contribution in [3.8, 4) is 0 Å². The van der Waals surface area contributed by atoms with Gasteiger partial charge in [0.25, 0.3) is 0 Å². The van der Waals surface area contributed by atoms with Crippen LogP contribution in [0.4, 0.5) is 0 Å². The Bertz CT molecular complexity index is 363. The summed E-state index contributed by atoms with van der Waals surface area (Å²) in [4.78, 5) is 14.5. The van der Waals surface area contributed by atoms with Crippen LogP contribution in [0.15, 0.2) is 11.4 Å². The van der Waals surface area contributed by atoms with Crippen molar-refractivity contribution in [1.29, 1.82) is 0 Å². The fourth-order valence-electron chi connectivity index (χ4n) is 1.83. The van der Waals surface area contributed by atoms with Gasteiger partial charge in [-0.2, -0.15) is 0 Å². The molecule has 15 heavy (non-hydrogen) atoms. The molecule has 0 aliphatic carbocycles. The van der Waals surface area contributed by atoms with Gasteiger partial charge in [0.05, 0.1) is 6.04 Å². The molecular weight excluding hydrogens is 210 g/mol. The number of carbonyl (C=O) groups excluding carboxylic acids is 1. The molecule has 1 unspecified atom stereocenters. The number of thiophene rings is 1. The van der Waals surface area contributed by atoms with Crippen molar-refractivity contribution in [3.63, 3.8) is 0 Å². The minimum absolute atomic E-state index is 0.425. The molecule has 1 amide bonds. The Labute approximate surface area is 92.9 Å². The monoisotopic (exact) mass is 225 g/mol. The van der Waals surface area contributed by atoms with E-state index in [1.54, 1.807) is 11.3 Å². The standard InChI is InChI=1S/C10H15N3OS/c11-8(10(12)14)6-13-3-1-9-7(5-13)2-4-15-9/h2,4,8H,1,3,5-6,11H2,(H2,12,14). The average molecular weight is 225 g/mol. The number of primary amides is 1. The molecule has 1 aliphatic heterocycles. The Balaban J connectivity index is 1.95. The fraction of sp³-hybridized carbons (Fsp3) is 0.500. The number of hydrogen-bond donors (Lipinski definition) is 2. The molecule has 0 fully saturated rings. The number of amides is 1. The number of carbonyl (C=O) groups is 1. The maximum atomic E-state index is 10.8. The highest BCUT2D eigenvalue weighted by atomic mass is 32.1. The van der Waals surface area contributed by atoms with Gasteiger partial charge in [0.2, 0.25) is 5.91 Å². The average Bonchev–Trinajstić information content (AvgIpc) is 2.64. The summed E-state index contributed by atoms with van der Waals surface area (Å²) in [5, 5.41) is 2.11. The summed E-state index contributed by atoms with van der Waals surface area (Å²) in [7, 11) is 0. The molecule has 0 bridgehead atoms. The first-order valence-electron chi connectivity index (χ1n) is 4.99. The van der Waals surface area contributed by atoms with E-state index in [1.807, 2.05) is 0 Å². The number of hydrogen-bond acceptors (Lipinski definition) is 4. The van der Waals surface area contributed by atoms with Crippen molar-refractivity contribution >= 4 is 17.2 Å². The Hall–Kier alpha value is -0.910. The van der Waals surface area contributed by atoms with Crippen molar-refractivity contribution in [3.05, 3.63) is 21.9 Å². The van der Waals surface area contributed by atoms with E-state index in [1.165, 1.54) is 10.4 Å². The molecule has 4 nitrogen and oxygen atoms in total. The third-order valence-electron chi connectivity index (χ3n) is 2.71. The molecule has 0 saturated carbocycles. The lowest BCUT2D eigenvalue weighted by molar-refractivity contribution is -0.119. The van der Waals surface area contributed by atoms with E-state index < -0.39 is 11.9 Å². The third kappa shape index (κ3) is 2.37. The Kier molecular flexibility index (Phi) is 3.04. The SMILES string of the molecule is NC(=O)C(N)CN1CCc2sccc2C1. The molecule has 0 saturated heterocycles. The minimum atomic E-state index is -0.551. The minimum Gasteiger partial charge on any atom is -0.368 e. The van der Waals surface area contributed by atoms with Crippen LogP contribution < -0.4 is 11.5 Å². The number of nitrogens with zero attached hydrogens (tertiary/aromatic N) is 1. The molecule has 1 atom stereocenters. The Morgan fingerprint density at radius 1 is 1.67 bits per heavy atom. The van der Waals surface area contributed by atoms with E-state index in [0.29, 0.717) is 6.54 Å². The van der Waals surface area contributed by atoms with Gasteiger partial charge in [-0.05, 0) is 23.4 Å². The van der Waals surface area contributed by atoms with Crippen molar-refractivity contribution in [2.75, 3.05) is 13.1 Å². The van der Waals surface area contributed by atoms with Gasteiger partial charge in [-0.3, -0.25) is 9.69 Å². The lowest BCUT2D eigenvalue weighted by atomic mass is 10.1. The fourth-order valence-corrected chi connectivity index (χ4v) is 2.72. The van der Waals surface area contributed by atoms with Crippen molar-refractivity contribution in [1.82, 2.24) is 4.90 Å².